The summed E-state index contributed by atoms with van der Waals surface area (Å²) >= 11 is 0. The number of nitrogens with one attached hydrogen (secondary N) is 1. The van der Waals surface area contributed by atoms with Gasteiger partial charge in [0, 0.05) is 13.7 Å². The van der Waals surface area contributed by atoms with Crippen molar-refractivity contribution in [3.05, 3.63) is 17.3 Å². The van der Waals surface area contributed by atoms with E-state index in [-0.39, 0.29) is 19.0 Å². The first-order valence-corrected chi connectivity index (χ1v) is 5.02. The van der Waals surface area contributed by atoms with E-state index in [9.17, 15) is 4.79 Å². The molecular formula is C10H17N3O3. The van der Waals surface area contributed by atoms with Gasteiger partial charge in [-0.05, 0) is 13.8 Å². The fourth-order valence-electron chi connectivity index (χ4n) is 1.20. The number of nitrogens with two attached hydrogens (primary N) is 1. The third kappa shape index (κ3) is 3.04. The van der Waals surface area contributed by atoms with Crippen LogP contribution in [0.3, 0.4) is 0 Å². The second-order valence-corrected chi connectivity index (χ2v) is 3.43. The summed E-state index contributed by atoms with van der Waals surface area (Å²) in [5, 5.41) is 2.64. The zero-order chi connectivity index (χ0) is 12.1. The Labute approximate surface area is 94.2 Å². The molecular weight excluding hydrogens is 210 g/mol. The summed E-state index contributed by atoms with van der Waals surface area (Å²) in [6, 6.07) is 0. The van der Waals surface area contributed by atoms with E-state index in [0.29, 0.717) is 5.89 Å². The fourth-order valence-corrected chi connectivity index (χ4v) is 1.20. The van der Waals surface area contributed by atoms with Crippen LogP contribution in [0.2, 0.25) is 0 Å². The van der Waals surface area contributed by atoms with Crippen molar-refractivity contribution in [3.63, 3.8) is 0 Å². The standard InChI is InChI=1S/C10H17N3O3/c1-6-7(2)16-9(13-6)5-12-10(14)8(4-11)15-3/h8H,4-5,11H2,1-3H3,(H,12,14). The molecule has 0 aliphatic heterocycles. The van der Waals surface area contributed by atoms with Gasteiger partial charge in [-0.3, -0.25) is 4.79 Å². The Bertz CT molecular complexity index is 339. The van der Waals surface area contributed by atoms with E-state index < -0.39 is 6.10 Å². The third-order valence-corrected chi connectivity index (χ3v) is 2.28. The molecule has 0 saturated heterocycles. The average Bonchev–Trinajstić information content (AvgIpc) is 2.57. The Morgan fingerprint density at radius 3 is 2.75 bits per heavy atom. The number of aromatic nitrogens is 1. The topological polar surface area (TPSA) is 90.4 Å². The molecule has 16 heavy (non-hydrogen) atoms. The minimum atomic E-state index is -0.628. The van der Waals surface area contributed by atoms with Crippen LogP contribution in [-0.2, 0) is 16.1 Å². The minimum absolute atomic E-state index is 0.145. The molecule has 3 N–H and O–H groups in total. The van der Waals surface area contributed by atoms with Gasteiger partial charge in [-0.2, -0.15) is 0 Å². The summed E-state index contributed by atoms with van der Waals surface area (Å²) in [4.78, 5) is 15.6. The molecule has 1 atom stereocenters. The van der Waals surface area contributed by atoms with Gasteiger partial charge in [-0.1, -0.05) is 0 Å². The van der Waals surface area contributed by atoms with Crippen LogP contribution in [0, 0.1) is 13.8 Å². The molecule has 0 spiro atoms. The number of oxazole rings is 1. The molecule has 1 aromatic heterocycles. The van der Waals surface area contributed by atoms with Crippen molar-refractivity contribution in [2.24, 2.45) is 5.73 Å². The first-order valence-electron chi connectivity index (χ1n) is 5.02. The Balaban J connectivity index is 2.48. The lowest BCUT2D eigenvalue weighted by atomic mass is 10.3. The molecule has 1 heterocycles. The molecule has 1 aromatic rings. The summed E-state index contributed by atoms with van der Waals surface area (Å²) in [6.45, 7) is 4.06. The molecule has 0 radical (unpaired) electrons. The maximum atomic E-state index is 11.5. The second-order valence-electron chi connectivity index (χ2n) is 3.43. The summed E-state index contributed by atoms with van der Waals surface area (Å²) in [5.41, 5.74) is 6.18. The van der Waals surface area contributed by atoms with E-state index in [4.69, 9.17) is 14.9 Å². The van der Waals surface area contributed by atoms with Crippen molar-refractivity contribution in [3.8, 4) is 0 Å². The first kappa shape index (κ1) is 12.7. The smallest absolute Gasteiger partial charge is 0.250 e. The zero-order valence-corrected chi connectivity index (χ0v) is 9.74. The van der Waals surface area contributed by atoms with E-state index in [1.165, 1.54) is 7.11 Å². The van der Waals surface area contributed by atoms with Gasteiger partial charge in [0.1, 0.15) is 11.9 Å². The van der Waals surface area contributed by atoms with Crippen LogP contribution in [0.4, 0.5) is 0 Å². The Morgan fingerprint density at radius 2 is 2.31 bits per heavy atom. The maximum absolute atomic E-state index is 11.5. The molecule has 0 bridgehead atoms. The number of amides is 1. The fraction of sp³-hybridized carbons (Fsp3) is 0.600. The Hall–Kier alpha value is -1.40. The maximum Gasteiger partial charge on any atom is 0.250 e. The van der Waals surface area contributed by atoms with Crippen molar-refractivity contribution in [1.29, 1.82) is 0 Å². The van der Waals surface area contributed by atoms with Crippen molar-refractivity contribution in [2.75, 3.05) is 13.7 Å². The molecule has 6 heteroatoms. The monoisotopic (exact) mass is 227 g/mol. The second kappa shape index (κ2) is 5.62. The number of aryl methyl sites for hydroxylation is 2. The predicted octanol–water partition coefficient (Wildman–Crippen LogP) is -0.119. The quantitative estimate of drug-likeness (QED) is 0.732. The van der Waals surface area contributed by atoms with Crippen molar-refractivity contribution >= 4 is 5.91 Å². The van der Waals surface area contributed by atoms with Crippen LogP contribution in [0.15, 0.2) is 4.42 Å². The number of nitrogens with zero attached hydrogens (tertiary/aromatic N) is 1. The Morgan fingerprint density at radius 1 is 1.62 bits per heavy atom. The molecule has 0 saturated carbocycles. The van der Waals surface area contributed by atoms with Gasteiger partial charge in [0.15, 0.2) is 0 Å². The number of carbonyl (C=O) groups excluding carboxylic acids is 1. The number of hydrogen-bond acceptors (Lipinski definition) is 5. The van der Waals surface area contributed by atoms with Crippen LogP contribution in [0.5, 0.6) is 0 Å². The molecule has 1 amide bonds. The molecule has 0 aliphatic rings. The summed E-state index contributed by atoms with van der Waals surface area (Å²) in [5.74, 6) is 0.972. The van der Waals surface area contributed by atoms with Gasteiger partial charge in [-0.15, -0.1) is 0 Å². The number of ether oxygens (including phenoxy) is 1. The highest BCUT2D eigenvalue weighted by Crippen LogP contribution is 2.07. The van der Waals surface area contributed by atoms with Crippen LogP contribution in [0.25, 0.3) is 0 Å². The number of carbonyl (C=O) groups is 1. The van der Waals surface area contributed by atoms with Gasteiger partial charge in [-0.25, -0.2) is 4.98 Å². The molecule has 6 nitrogen and oxygen atoms in total. The van der Waals surface area contributed by atoms with Crippen molar-refractivity contribution in [2.45, 2.75) is 26.5 Å². The number of rotatable bonds is 5. The summed E-state index contributed by atoms with van der Waals surface area (Å²) in [6.07, 6.45) is -0.628. The van der Waals surface area contributed by atoms with Crippen LogP contribution >= 0.6 is 0 Å². The van der Waals surface area contributed by atoms with Gasteiger partial charge in [0.2, 0.25) is 5.89 Å². The van der Waals surface area contributed by atoms with Crippen LogP contribution < -0.4 is 11.1 Å². The zero-order valence-electron chi connectivity index (χ0n) is 9.74. The lowest BCUT2D eigenvalue weighted by Crippen LogP contribution is -2.40. The lowest BCUT2D eigenvalue weighted by molar-refractivity contribution is -0.130. The Kier molecular flexibility index (Phi) is 4.45. The van der Waals surface area contributed by atoms with Crippen LogP contribution in [0.1, 0.15) is 17.3 Å². The molecule has 0 fully saturated rings. The number of methoxy groups -OCH3 is 1. The van der Waals surface area contributed by atoms with E-state index in [0.717, 1.165) is 11.5 Å². The largest absolute Gasteiger partial charge is 0.444 e. The number of hydrogen-bond donors (Lipinski definition) is 2. The van der Waals surface area contributed by atoms with Crippen molar-refractivity contribution in [1.82, 2.24) is 10.3 Å². The normalized spacial score (nSPS) is 12.5. The van der Waals surface area contributed by atoms with Gasteiger partial charge < -0.3 is 20.2 Å². The lowest BCUT2D eigenvalue weighted by Gasteiger charge is -2.11. The molecule has 0 aromatic carbocycles. The third-order valence-electron chi connectivity index (χ3n) is 2.28. The van der Waals surface area contributed by atoms with Gasteiger partial charge in [0.05, 0.1) is 12.2 Å². The van der Waals surface area contributed by atoms with E-state index in [1.807, 2.05) is 13.8 Å². The molecule has 1 rings (SSSR count). The van der Waals surface area contributed by atoms with E-state index >= 15 is 0 Å². The average molecular weight is 227 g/mol. The van der Waals surface area contributed by atoms with Gasteiger partial charge >= 0.3 is 0 Å². The SMILES string of the molecule is COC(CN)C(=O)NCc1nc(C)c(C)o1. The molecule has 0 aliphatic carbocycles. The van der Waals surface area contributed by atoms with Crippen molar-refractivity contribution < 1.29 is 13.9 Å². The predicted molar refractivity (Wildman–Crippen MR) is 57.7 cm³/mol. The van der Waals surface area contributed by atoms with E-state index in [2.05, 4.69) is 10.3 Å². The summed E-state index contributed by atoms with van der Waals surface area (Å²) < 4.78 is 10.2. The first-order chi connectivity index (χ1) is 7.58. The summed E-state index contributed by atoms with van der Waals surface area (Å²) in [7, 11) is 1.44. The highest BCUT2D eigenvalue weighted by Gasteiger charge is 2.16. The van der Waals surface area contributed by atoms with Gasteiger partial charge in [0.25, 0.3) is 5.91 Å². The minimum Gasteiger partial charge on any atom is -0.444 e. The van der Waals surface area contributed by atoms with E-state index in [1.54, 1.807) is 0 Å². The highest BCUT2D eigenvalue weighted by atomic mass is 16.5. The molecule has 1 unspecified atom stereocenters. The highest BCUT2D eigenvalue weighted by molar-refractivity contribution is 5.80. The molecule has 90 valence electrons. The van der Waals surface area contributed by atoms with Crippen LogP contribution in [-0.4, -0.2) is 30.6 Å².